The van der Waals surface area contributed by atoms with Gasteiger partial charge in [0.15, 0.2) is 0 Å². The number of nitrogens with zero attached hydrogens (tertiary/aromatic N) is 1. The average Bonchev–Trinajstić information content (AvgIpc) is 2.55. The van der Waals surface area contributed by atoms with E-state index in [1.165, 1.54) is 0 Å². The number of piperazine rings is 1. The van der Waals surface area contributed by atoms with Gasteiger partial charge in [-0.25, -0.2) is 4.39 Å². The van der Waals surface area contributed by atoms with Crippen molar-refractivity contribution >= 4 is 5.69 Å². The summed E-state index contributed by atoms with van der Waals surface area (Å²) in [4.78, 5) is 2.21. The van der Waals surface area contributed by atoms with Crippen LogP contribution in [0.1, 0.15) is 0 Å². The van der Waals surface area contributed by atoms with Crippen molar-refractivity contribution in [2.45, 2.75) is 0 Å². The highest BCUT2D eigenvalue weighted by Crippen LogP contribution is 2.28. The molecule has 0 aromatic heterocycles. The Labute approximate surface area is 124 Å². The predicted molar refractivity (Wildman–Crippen MR) is 83.5 cm³/mol. The van der Waals surface area contributed by atoms with Crippen molar-refractivity contribution in [2.75, 3.05) is 38.2 Å². The zero-order valence-corrected chi connectivity index (χ0v) is 12.1. The molecule has 0 aliphatic carbocycles. The maximum atomic E-state index is 14.0. The first kappa shape index (κ1) is 13.9. The van der Waals surface area contributed by atoms with Crippen LogP contribution in [0.15, 0.2) is 42.5 Å². The first-order valence-electron chi connectivity index (χ1n) is 7.17. The van der Waals surface area contributed by atoms with E-state index in [1.807, 2.05) is 30.3 Å². The number of hydrogen-bond acceptors (Lipinski definition) is 3. The second-order valence-corrected chi connectivity index (χ2v) is 5.17. The van der Waals surface area contributed by atoms with Gasteiger partial charge in [0.05, 0.1) is 7.11 Å². The maximum Gasteiger partial charge on any atom is 0.125 e. The van der Waals surface area contributed by atoms with Crippen LogP contribution in [0.4, 0.5) is 10.1 Å². The van der Waals surface area contributed by atoms with Crippen LogP contribution in [0.3, 0.4) is 0 Å². The van der Waals surface area contributed by atoms with Crippen molar-refractivity contribution < 1.29 is 9.13 Å². The Kier molecular flexibility index (Phi) is 4.06. The summed E-state index contributed by atoms with van der Waals surface area (Å²) in [5.41, 5.74) is 2.78. The Hall–Kier alpha value is -2.07. The molecule has 1 saturated heterocycles. The Morgan fingerprint density at radius 1 is 1.05 bits per heavy atom. The lowest BCUT2D eigenvalue weighted by Crippen LogP contribution is -2.43. The highest BCUT2D eigenvalue weighted by atomic mass is 19.1. The minimum Gasteiger partial charge on any atom is -0.497 e. The minimum atomic E-state index is -0.205. The van der Waals surface area contributed by atoms with Crippen LogP contribution in [0.25, 0.3) is 11.1 Å². The second-order valence-electron chi connectivity index (χ2n) is 5.17. The van der Waals surface area contributed by atoms with Gasteiger partial charge in [-0.3, -0.25) is 0 Å². The Balaban J connectivity index is 1.96. The fourth-order valence-electron chi connectivity index (χ4n) is 2.65. The molecule has 1 heterocycles. The third-order valence-electron chi connectivity index (χ3n) is 3.77. The molecule has 0 radical (unpaired) electrons. The summed E-state index contributed by atoms with van der Waals surface area (Å²) in [5, 5.41) is 3.31. The lowest BCUT2D eigenvalue weighted by molar-refractivity contribution is 0.415. The number of benzene rings is 2. The van der Waals surface area contributed by atoms with E-state index in [4.69, 9.17) is 4.74 Å². The van der Waals surface area contributed by atoms with Gasteiger partial charge in [0.25, 0.3) is 0 Å². The van der Waals surface area contributed by atoms with Gasteiger partial charge in [-0.15, -0.1) is 0 Å². The minimum absolute atomic E-state index is 0.205. The molecule has 1 fully saturated rings. The largest absolute Gasteiger partial charge is 0.497 e. The molecule has 0 bridgehead atoms. The zero-order valence-electron chi connectivity index (χ0n) is 12.1. The molecular weight excluding hydrogens is 267 g/mol. The van der Waals surface area contributed by atoms with E-state index in [9.17, 15) is 4.39 Å². The first-order chi connectivity index (χ1) is 10.3. The fourth-order valence-corrected chi connectivity index (χ4v) is 2.65. The maximum absolute atomic E-state index is 14.0. The van der Waals surface area contributed by atoms with Gasteiger partial charge < -0.3 is 15.0 Å². The highest BCUT2D eigenvalue weighted by Gasteiger charge is 2.13. The molecule has 0 saturated carbocycles. The fraction of sp³-hybridized carbons (Fsp3) is 0.294. The van der Waals surface area contributed by atoms with E-state index < -0.39 is 0 Å². The molecule has 1 aliphatic rings. The third-order valence-corrected chi connectivity index (χ3v) is 3.77. The van der Waals surface area contributed by atoms with Gasteiger partial charge in [-0.05, 0) is 41.5 Å². The van der Waals surface area contributed by atoms with Gasteiger partial charge in [0.1, 0.15) is 11.6 Å². The normalized spacial score (nSPS) is 15.0. The van der Waals surface area contributed by atoms with Gasteiger partial charge in [0, 0.05) is 31.9 Å². The molecule has 2 aromatic carbocycles. The molecule has 3 rings (SSSR count). The molecule has 4 heteroatoms. The summed E-state index contributed by atoms with van der Waals surface area (Å²) in [5.74, 6) is 0.573. The van der Waals surface area contributed by atoms with E-state index in [0.29, 0.717) is 0 Å². The van der Waals surface area contributed by atoms with Crippen molar-refractivity contribution in [2.24, 2.45) is 0 Å². The van der Waals surface area contributed by atoms with Crippen molar-refractivity contribution in [3.8, 4) is 16.9 Å². The summed E-state index contributed by atoms with van der Waals surface area (Å²) in [6.45, 7) is 3.68. The summed E-state index contributed by atoms with van der Waals surface area (Å²) in [7, 11) is 1.64. The van der Waals surface area contributed by atoms with Crippen molar-refractivity contribution in [1.82, 2.24) is 5.32 Å². The molecule has 2 aromatic rings. The van der Waals surface area contributed by atoms with Crippen LogP contribution < -0.4 is 15.0 Å². The van der Waals surface area contributed by atoms with Crippen molar-refractivity contribution in [3.63, 3.8) is 0 Å². The van der Waals surface area contributed by atoms with E-state index >= 15 is 0 Å². The molecule has 0 unspecified atom stereocenters. The number of halogens is 1. The molecule has 110 valence electrons. The van der Waals surface area contributed by atoms with E-state index in [-0.39, 0.29) is 5.82 Å². The van der Waals surface area contributed by atoms with Crippen LogP contribution >= 0.6 is 0 Å². The van der Waals surface area contributed by atoms with E-state index in [2.05, 4.69) is 10.2 Å². The molecule has 0 atom stereocenters. The van der Waals surface area contributed by atoms with Crippen molar-refractivity contribution in [1.29, 1.82) is 0 Å². The number of hydrogen-bond donors (Lipinski definition) is 1. The van der Waals surface area contributed by atoms with Crippen molar-refractivity contribution in [3.05, 3.63) is 48.3 Å². The van der Waals surface area contributed by atoms with E-state index in [0.717, 1.165) is 48.7 Å². The van der Waals surface area contributed by atoms with Crippen LogP contribution in [-0.2, 0) is 0 Å². The monoisotopic (exact) mass is 286 g/mol. The van der Waals surface area contributed by atoms with Crippen LogP contribution in [0, 0.1) is 5.82 Å². The Bertz CT molecular complexity index is 624. The number of methoxy groups -OCH3 is 1. The van der Waals surface area contributed by atoms with Crippen LogP contribution in [-0.4, -0.2) is 33.3 Å². The van der Waals surface area contributed by atoms with Gasteiger partial charge >= 0.3 is 0 Å². The van der Waals surface area contributed by atoms with Gasteiger partial charge in [-0.2, -0.15) is 0 Å². The molecule has 1 N–H and O–H groups in total. The molecule has 21 heavy (non-hydrogen) atoms. The second kappa shape index (κ2) is 6.14. The Morgan fingerprint density at radius 2 is 1.86 bits per heavy atom. The topological polar surface area (TPSA) is 24.5 Å². The zero-order chi connectivity index (χ0) is 14.7. The molecule has 3 nitrogen and oxygen atoms in total. The highest BCUT2D eigenvalue weighted by molar-refractivity contribution is 5.70. The summed E-state index contributed by atoms with van der Waals surface area (Å²) >= 11 is 0. The number of ether oxygens (including phenoxy) is 1. The van der Waals surface area contributed by atoms with E-state index in [1.54, 1.807) is 19.2 Å². The molecule has 0 spiro atoms. The van der Waals surface area contributed by atoms with Crippen LogP contribution in [0.2, 0.25) is 0 Å². The smallest absolute Gasteiger partial charge is 0.125 e. The SMILES string of the molecule is COc1cccc(-c2cc(F)cc(N3CCNCC3)c2)c1. The molecule has 1 aliphatic heterocycles. The molecule has 0 amide bonds. The first-order valence-corrected chi connectivity index (χ1v) is 7.17. The van der Waals surface area contributed by atoms with Gasteiger partial charge in [-0.1, -0.05) is 12.1 Å². The predicted octanol–water partition coefficient (Wildman–Crippen LogP) is 2.91. The number of nitrogens with one attached hydrogen (secondary N) is 1. The summed E-state index contributed by atoms with van der Waals surface area (Å²) < 4.78 is 19.2. The molecular formula is C17H19FN2O. The average molecular weight is 286 g/mol. The quantitative estimate of drug-likeness (QED) is 0.939. The third kappa shape index (κ3) is 3.16. The van der Waals surface area contributed by atoms with Gasteiger partial charge in [0.2, 0.25) is 0 Å². The standard InChI is InChI=1S/C17H19FN2O/c1-21-17-4-2-3-13(11-17)14-9-15(18)12-16(10-14)20-7-5-19-6-8-20/h2-4,9-12,19H,5-8H2,1H3. The lowest BCUT2D eigenvalue weighted by Gasteiger charge is -2.29. The summed E-state index contributed by atoms with van der Waals surface area (Å²) in [6.07, 6.45) is 0. The van der Waals surface area contributed by atoms with Crippen LogP contribution in [0.5, 0.6) is 5.75 Å². The Morgan fingerprint density at radius 3 is 2.62 bits per heavy atom. The lowest BCUT2D eigenvalue weighted by atomic mass is 10.0. The number of anilines is 1. The summed E-state index contributed by atoms with van der Waals surface area (Å²) in [6, 6.07) is 12.9. The number of rotatable bonds is 3.